The van der Waals surface area contributed by atoms with Gasteiger partial charge in [0, 0.05) is 36.9 Å². The number of fused-ring (bicyclic) bond motifs is 1. The van der Waals surface area contributed by atoms with Crippen molar-refractivity contribution >= 4 is 5.90 Å². The highest BCUT2D eigenvalue weighted by molar-refractivity contribution is 5.76. The molecule has 1 N–H and O–H groups in total. The first-order chi connectivity index (χ1) is 10.7. The molecule has 0 amide bonds. The van der Waals surface area contributed by atoms with Gasteiger partial charge in [0.1, 0.15) is 24.2 Å². The maximum atomic E-state index is 10.3. The van der Waals surface area contributed by atoms with Crippen LogP contribution in [0.25, 0.3) is 11.1 Å². The molecule has 22 heavy (non-hydrogen) atoms. The van der Waals surface area contributed by atoms with E-state index in [2.05, 4.69) is 15.0 Å². The summed E-state index contributed by atoms with van der Waals surface area (Å²) in [5, 5.41) is 10.3. The number of ether oxygens (including phenoxy) is 1. The Kier molecular flexibility index (Phi) is 2.89. The molecular formula is C17H17N3O2. The number of aromatic nitrogens is 2. The lowest BCUT2D eigenvalue weighted by Crippen LogP contribution is -2.35. The van der Waals surface area contributed by atoms with E-state index >= 15 is 0 Å². The van der Waals surface area contributed by atoms with E-state index in [0.29, 0.717) is 18.8 Å². The minimum Gasteiger partial charge on any atom is -0.508 e. The smallest absolute Gasteiger partial charge is 0.180 e. The lowest BCUT2D eigenvalue weighted by Gasteiger charge is -2.32. The van der Waals surface area contributed by atoms with Gasteiger partial charge >= 0.3 is 0 Å². The molecule has 1 atom stereocenters. The predicted molar refractivity (Wildman–Crippen MR) is 82.9 cm³/mol. The molecule has 2 aliphatic rings. The molecule has 0 saturated carbocycles. The highest BCUT2D eigenvalue weighted by atomic mass is 16.5. The maximum Gasteiger partial charge on any atom is 0.180 e. The molecule has 0 bridgehead atoms. The van der Waals surface area contributed by atoms with Gasteiger partial charge in [0.05, 0.1) is 0 Å². The van der Waals surface area contributed by atoms with E-state index < -0.39 is 0 Å². The Morgan fingerprint density at radius 1 is 1.18 bits per heavy atom. The van der Waals surface area contributed by atoms with Crippen molar-refractivity contribution in [3.63, 3.8) is 0 Å². The Bertz CT molecular complexity index is 758. The minimum atomic E-state index is -0.208. The maximum absolute atomic E-state index is 10.3. The highest BCUT2D eigenvalue weighted by Gasteiger charge is 2.40. The quantitative estimate of drug-likeness (QED) is 0.878. The van der Waals surface area contributed by atoms with Gasteiger partial charge in [-0.25, -0.2) is 15.0 Å². The fourth-order valence-corrected chi connectivity index (χ4v) is 3.50. The van der Waals surface area contributed by atoms with Crippen LogP contribution in [0.5, 0.6) is 5.75 Å². The van der Waals surface area contributed by atoms with E-state index in [-0.39, 0.29) is 5.54 Å². The number of phenols is 1. The van der Waals surface area contributed by atoms with E-state index in [0.717, 1.165) is 35.4 Å². The number of hydrogen-bond donors (Lipinski definition) is 1. The monoisotopic (exact) mass is 295 g/mol. The molecule has 1 aromatic heterocycles. The minimum absolute atomic E-state index is 0.208. The second kappa shape index (κ2) is 4.80. The zero-order chi connectivity index (χ0) is 15.2. The SMILES string of the molecule is CC1=N[C@]2(CCc3c(-c4cncnc4)ccc(O)c3C2)CO1. The van der Waals surface area contributed by atoms with Gasteiger partial charge in [-0.15, -0.1) is 0 Å². The fraction of sp³-hybridized carbons (Fsp3) is 0.353. The van der Waals surface area contributed by atoms with E-state index in [1.807, 2.05) is 25.4 Å². The number of aromatic hydroxyl groups is 1. The first kappa shape index (κ1) is 13.2. The molecule has 5 heteroatoms. The van der Waals surface area contributed by atoms with Crippen molar-refractivity contribution < 1.29 is 9.84 Å². The van der Waals surface area contributed by atoms with Gasteiger partial charge in [0.25, 0.3) is 0 Å². The Hall–Kier alpha value is -2.43. The summed E-state index contributed by atoms with van der Waals surface area (Å²) in [6.45, 7) is 2.50. The third-order valence-corrected chi connectivity index (χ3v) is 4.57. The van der Waals surface area contributed by atoms with Crippen LogP contribution in [-0.4, -0.2) is 33.1 Å². The predicted octanol–water partition coefficient (Wildman–Crippen LogP) is 2.53. The van der Waals surface area contributed by atoms with Crippen LogP contribution in [-0.2, 0) is 17.6 Å². The lowest BCUT2D eigenvalue weighted by atomic mass is 9.76. The molecule has 0 radical (unpaired) electrons. The van der Waals surface area contributed by atoms with Crippen LogP contribution in [0.3, 0.4) is 0 Å². The van der Waals surface area contributed by atoms with Crippen molar-refractivity contribution in [1.82, 2.24) is 9.97 Å². The van der Waals surface area contributed by atoms with Crippen molar-refractivity contribution in [2.45, 2.75) is 31.7 Å². The summed E-state index contributed by atoms with van der Waals surface area (Å²) in [6, 6.07) is 3.71. The van der Waals surface area contributed by atoms with E-state index in [1.165, 1.54) is 11.9 Å². The van der Waals surface area contributed by atoms with Crippen molar-refractivity contribution in [3.05, 3.63) is 42.0 Å². The van der Waals surface area contributed by atoms with Gasteiger partial charge in [0.2, 0.25) is 0 Å². The summed E-state index contributed by atoms with van der Waals surface area (Å²) < 4.78 is 5.56. The van der Waals surface area contributed by atoms with Crippen LogP contribution in [0.1, 0.15) is 24.5 Å². The average Bonchev–Trinajstić information content (AvgIpc) is 2.90. The molecular weight excluding hydrogens is 278 g/mol. The van der Waals surface area contributed by atoms with Gasteiger partial charge < -0.3 is 9.84 Å². The second-order valence-corrected chi connectivity index (χ2v) is 6.04. The van der Waals surface area contributed by atoms with Gasteiger partial charge in [-0.3, -0.25) is 0 Å². The van der Waals surface area contributed by atoms with Crippen molar-refractivity contribution in [2.24, 2.45) is 4.99 Å². The number of rotatable bonds is 1. The second-order valence-electron chi connectivity index (χ2n) is 6.04. The summed E-state index contributed by atoms with van der Waals surface area (Å²) in [6.07, 6.45) is 7.66. The van der Waals surface area contributed by atoms with Gasteiger partial charge in [-0.2, -0.15) is 0 Å². The normalized spacial score (nSPS) is 23.0. The van der Waals surface area contributed by atoms with Crippen LogP contribution >= 0.6 is 0 Å². The molecule has 2 aromatic rings. The van der Waals surface area contributed by atoms with Gasteiger partial charge in [-0.1, -0.05) is 6.07 Å². The molecule has 5 nitrogen and oxygen atoms in total. The summed E-state index contributed by atoms with van der Waals surface area (Å²) in [4.78, 5) is 12.9. The van der Waals surface area contributed by atoms with Crippen molar-refractivity contribution in [1.29, 1.82) is 0 Å². The molecule has 1 aromatic carbocycles. The number of aliphatic imine (C=N–C) groups is 1. The molecule has 4 rings (SSSR count). The summed E-state index contributed by atoms with van der Waals surface area (Å²) >= 11 is 0. The molecule has 1 aliphatic carbocycles. The molecule has 2 heterocycles. The Morgan fingerprint density at radius 3 is 2.73 bits per heavy atom. The number of hydrogen-bond acceptors (Lipinski definition) is 5. The number of benzene rings is 1. The van der Waals surface area contributed by atoms with Gasteiger partial charge in [0.15, 0.2) is 5.90 Å². The van der Waals surface area contributed by atoms with Crippen LogP contribution in [0, 0.1) is 0 Å². The van der Waals surface area contributed by atoms with E-state index in [1.54, 1.807) is 6.07 Å². The van der Waals surface area contributed by atoms with Crippen LogP contribution in [0.15, 0.2) is 35.8 Å². The first-order valence-electron chi connectivity index (χ1n) is 7.45. The molecule has 1 spiro atoms. The van der Waals surface area contributed by atoms with Crippen molar-refractivity contribution in [2.75, 3.05) is 6.61 Å². The largest absolute Gasteiger partial charge is 0.508 e. The molecule has 0 fully saturated rings. The third kappa shape index (κ3) is 2.04. The topological polar surface area (TPSA) is 67.6 Å². The summed E-state index contributed by atoms with van der Waals surface area (Å²) in [5.41, 5.74) is 4.04. The highest BCUT2D eigenvalue weighted by Crippen LogP contribution is 2.42. The zero-order valence-corrected chi connectivity index (χ0v) is 12.4. The number of nitrogens with zero attached hydrogens (tertiary/aromatic N) is 3. The average molecular weight is 295 g/mol. The summed E-state index contributed by atoms with van der Waals surface area (Å²) in [7, 11) is 0. The van der Waals surface area contributed by atoms with Crippen LogP contribution in [0.2, 0.25) is 0 Å². The molecule has 0 saturated heterocycles. The Morgan fingerprint density at radius 2 is 2.00 bits per heavy atom. The Labute approximate surface area is 128 Å². The lowest BCUT2D eigenvalue weighted by molar-refractivity contribution is 0.234. The fourth-order valence-electron chi connectivity index (χ4n) is 3.50. The van der Waals surface area contributed by atoms with E-state index in [4.69, 9.17) is 4.74 Å². The van der Waals surface area contributed by atoms with E-state index in [9.17, 15) is 5.11 Å². The molecule has 0 unspecified atom stereocenters. The summed E-state index contributed by atoms with van der Waals surface area (Å²) in [5.74, 6) is 1.09. The third-order valence-electron chi connectivity index (χ3n) is 4.57. The molecule has 1 aliphatic heterocycles. The van der Waals surface area contributed by atoms with Crippen LogP contribution in [0.4, 0.5) is 0 Å². The molecule has 112 valence electrons. The zero-order valence-electron chi connectivity index (χ0n) is 12.4. The first-order valence-corrected chi connectivity index (χ1v) is 7.45. The van der Waals surface area contributed by atoms with Crippen molar-refractivity contribution in [3.8, 4) is 16.9 Å². The van der Waals surface area contributed by atoms with Crippen LogP contribution < -0.4 is 0 Å². The van der Waals surface area contributed by atoms with Gasteiger partial charge in [-0.05, 0) is 30.0 Å². The number of phenolic OH excluding ortho intramolecular Hbond substituents is 1. The Balaban J connectivity index is 1.81. The standard InChI is InChI=1S/C17H17N3O2/c1-11-20-17(9-22-11)5-4-14-13(12-7-18-10-19-8-12)2-3-16(21)15(14)6-17/h2-3,7-8,10,21H,4-6,9H2,1H3/t17-/m0/s1.